The zero-order chi connectivity index (χ0) is 16.4. The first kappa shape index (κ1) is 16.0. The van der Waals surface area contributed by atoms with Gasteiger partial charge in [0.05, 0.1) is 0 Å². The van der Waals surface area contributed by atoms with Crippen molar-refractivity contribution >= 4 is 11.9 Å². The number of carboxylic acid groups (broad SMARTS) is 1. The number of carboxylic acids is 1. The van der Waals surface area contributed by atoms with E-state index < -0.39 is 12.1 Å². The molecule has 1 amide bonds. The summed E-state index contributed by atoms with van der Waals surface area (Å²) in [6, 6.07) is 9.50. The van der Waals surface area contributed by atoms with Crippen LogP contribution in [-0.4, -0.2) is 52.2 Å². The van der Waals surface area contributed by atoms with Crippen LogP contribution in [0.1, 0.15) is 30.9 Å². The number of carbonyl (C=O) groups excluding carboxylic acids is 1. The number of benzene rings is 1. The van der Waals surface area contributed by atoms with Crippen molar-refractivity contribution in [3.05, 3.63) is 35.9 Å². The average molecular weight is 318 g/mol. The number of hydrogen-bond donors (Lipinski definition) is 3. The third-order valence-corrected chi connectivity index (χ3v) is 4.51. The summed E-state index contributed by atoms with van der Waals surface area (Å²) in [6.45, 7) is 1.93. The van der Waals surface area contributed by atoms with Gasteiger partial charge in [-0.3, -0.25) is 4.79 Å². The zero-order valence-electron chi connectivity index (χ0n) is 12.9. The molecule has 2 unspecified atom stereocenters. The number of nitrogens with one attached hydrogen (secondary N) is 1. The lowest BCUT2D eigenvalue weighted by Gasteiger charge is -2.48. The Balaban J connectivity index is 0.000000137. The summed E-state index contributed by atoms with van der Waals surface area (Å²) in [6.07, 6.45) is 2.15. The molecule has 5 rings (SSSR count). The van der Waals surface area contributed by atoms with Crippen molar-refractivity contribution in [1.82, 2.24) is 10.2 Å². The molecule has 0 aromatic heterocycles. The first-order valence-electron chi connectivity index (χ1n) is 8.05. The number of amides is 1. The van der Waals surface area contributed by atoms with E-state index in [1.54, 1.807) is 30.3 Å². The van der Waals surface area contributed by atoms with Gasteiger partial charge in [-0.05, 0) is 24.8 Å². The molecule has 2 bridgehead atoms. The Hall–Kier alpha value is -1.92. The Labute approximate surface area is 135 Å². The van der Waals surface area contributed by atoms with Crippen molar-refractivity contribution < 1.29 is 19.8 Å². The van der Waals surface area contributed by atoms with Crippen LogP contribution in [0, 0.1) is 5.92 Å². The molecule has 6 heteroatoms. The van der Waals surface area contributed by atoms with Gasteiger partial charge >= 0.3 is 5.97 Å². The van der Waals surface area contributed by atoms with Crippen LogP contribution in [-0.2, 0) is 9.59 Å². The molecule has 1 aliphatic carbocycles. The van der Waals surface area contributed by atoms with E-state index >= 15 is 0 Å². The molecule has 0 radical (unpaired) electrons. The predicted octanol–water partition coefficient (Wildman–Crippen LogP) is 0.774. The lowest BCUT2D eigenvalue weighted by Crippen LogP contribution is -2.67. The first-order valence-corrected chi connectivity index (χ1v) is 8.05. The number of piperidine rings is 1. The summed E-state index contributed by atoms with van der Waals surface area (Å²) in [5.74, 6) is -0.398. The topological polar surface area (TPSA) is 89.9 Å². The van der Waals surface area contributed by atoms with E-state index in [0.717, 1.165) is 25.9 Å². The van der Waals surface area contributed by atoms with E-state index in [1.165, 1.54) is 6.42 Å². The molecular weight excluding hydrogens is 296 g/mol. The van der Waals surface area contributed by atoms with Gasteiger partial charge in [-0.1, -0.05) is 30.3 Å². The van der Waals surface area contributed by atoms with Crippen LogP contribution in [0.2, 0.25) is 0 Å². The second-order valence-electron chi connectivity index (χ2n) is 6.47. The van der Waals surface area contributed by atoms with Crippen molar-refractivity contribution in [2.24, 2.45) is 5.92 Å². The largest absolute Gasteiger partial charge is 0.479 e. The van der Waals surface area contributed by atoms with Crippen molar-refractivity contribution in [2.75, 3.05) is 13.1 Å². The zero-order valence-corrected chi connectivity index (χ0v) is 12.9. The molecule has 3 N–H and O–H groups in total. The fourth-order valence-electron chi connectivity index (χ4n) is 3.06. The number of aliphatic hydroxyl groups is 1. The van der Waals surface area contributed by atoms with E-state index in [2.05, 4.69) is 10.2 Å². The lowest BCUT2D eigenvalue weighted by molar-refractivity contribution is -0.147. The van der Waals surface area contributed by atoms with E-state index in [1.807, 2.05) is 0 Å². The molecule has 124 valence electrons. The standard InChI is InChI=1S/C9H14N2O.C8H8O3/c12-9(6-1-2-6)11-4-7-3-8(5-11)10-7;9-7(8(10)11)6-4-2-1-3-5-6/h6-8,10H,1-5H2;1-5,7,9H,(H,10,11)/t;7-/m.0/s1. The van der Waals surface area contributed by atoms with Crippen molar-refractivity contribution in [3.8, 4) is 0 Å². The number of aliphatic carboxylic acids is 1. The second kappa shape index (κ2) is 6.68. The molecule has 3 atom stereocenters. The van der Waals surface area contributed by atoms with Gasteiger partial charge < -0.3 is 20.4 Å². The van der Waals surface area contributed by atoms with Crippen LogP contribution >= 0.6 is 0 Å². The molecule has 3 heterocycles. The highest BCUT2D eigenvalue weighted by Gasteiger charge is 2.42. The summed E-state index contributed by atoms with van der Waals surface area (Å²) in [7, 11) is 0. The van der Waals surface area contributed by atoms with E-state index in [9.17, 15) is 9.59 Å². The maximum absolute atomic E-state index is 11.6. The van der Waals surface area contributed by atoms with Crippen LogP contribution in [0.25, 0.3) is 0 Å². The Morgan fingerprint density at radius 1 is 1.13 bits per heavy atom. The van der Waals surface area contributed by atoms with Crippen LogP contribution in [0.15, 0.2) is 30.3 Å². The summed E-state index contributed by atoms with van der Waals surface area (Å²) < 4.78 is 0. The predicted molar refractivity (Wildman–Crippen MR) is 83.7 cm³/mol. The van der Waals surface area contributed by atoms with E-state index in [4.69, 9.17) is 10.2 Å². The molecule has 0 spiro atoms. The first-order chi connectivity index (χ1) is 11.0. The van der Waals surface area contributed by atoms with E-state index in [0.29, 0.717) is 29.5 Å². The second-order valence-corrected chi connectivity index (χ2v) is 6.47. The van der Waals surface area contributed by atoms with Crippen LogP contribution in [0.5, 0.6) is 0 Å². The maximum Gasteiger partial charge on any atom is 0.337 e. The third-order valence-electron chi connectivity index (χ3n) is 4.51. The maximum atomic E-state index is 11.6. The molecule has 1 aromatic carbocycles. The minimum atomic E-state index is -1.41. The molecule has 23 heavy (non-hydrogen) atoms. The quantitative estimate of drug-likeness (QED) is 0.766. The van der Waals surface area contributed by atoms with Crippen molar-refractivity contribution in [1.29, 1.82) is 0 Å². The highest BCUT2D eigenvalue weighted by molar-refractivity contribution is 5.81. The average Bonchev–Trinajstić information content (AvgIpc) is 3.39. The lowest BCUT2D eigenvalue weighted by atomic mass is 9.91. The summed E-state index contributed by atoms with van der Waals surface area (Å²) >= 11 is 0. The number of piperazine rings is 1. The summed E-state index contributed by atoms with van der Waals surface area (Å²) in [4.78, 5) is 23.9. The van der Waals surface area contributed by atoms with Gasteiger partial charge in [0, 0.05) is 31.1 Å². The van der Waals surface area contributed by atoms with Crippen LogP contribution in [0.4, 0.5) is 0 Å². The van der Waals surface area contributed by atoms with Crippen molar-refractivity contribution in [3.63, 3.8) is 0 Å². The Morgan fingerprint density at radius 2 is 1.70 bits per heavy atom. The minimum absolute atomic E-state index is 0.403. The Kier molecular flexibility index (Phi) is 4.63. The van der Waals surface area contributed by atoms with Crippen LogP contribution < -0.4 is 5.32 Å². The molecule has 1 aromatic rings. The molecule has 1 saturated carbocycles. The summed E-state index contributed by atoms with van der Waals surface area (Å²) in [5.41, 5.74) is 0.403. The fourth-order valence-corrected chi connectivity index (χ4v) is 3.06. The van der Waals surface area contributed by atoms with Gasteiger partial charge in [0.1, 0.15) is 0 Å². The number of rotatable bonds is 3. The molecule has 3 aliphatic heterocycles. The molecule has 4 aliphatic rings. The van der Waals surface area contributed by atoms with Gasteiger partial charge in [0.25, 0.3) is 0 Å². The number of hydrogen-bond acceptors (Lipinski definition) is 4. The number of fused-ring (bicyclic) bond motifs is 2. The fraction of sp³-hybridized carbons (Fsp3) is 0.529. The third kappa shape index (κ3) is 3.89. The molecular formula is C17H22N2O4. The number of aliphatic hydroxyl groups excluding tert-OH is 1. The smallest absolute Gasteiger partial charge is 0.337 e. The van der Waals surface area contributed by atoms with Crippen molar-refractivity contribution in [2.45, 2.75) is 37.5 Å². The summed E-state index contributed by atoms with van der Waals surface area (Å²) in [5, 5.41) is 20.8. The molecule has 6 nitrogen and oxygen atoms in total. The monoisotopic (exact) mass is 318 g/mol. The highest BCUT2D eigenvalue weighted by atomic mass is 16.4. The van der Waals surface area contributed by atoms with Gasteiger partial charge in [-0.15, -0.1) is 0 Å². The Morgan fingerprint density at radius 3 is 2.17 bits per heavy atom. The molecule has 4 fully saturated rings. The van der Waals surface area contributed by atoms with Gasteiger partial charge in [0.2, 0.25) is 5.91 Å². The molecule has 3 saturated heterocycles. The van der Waals surface area contributed by atoms with Crippen LogP contribution in [0.3, 0.4) is 0 Å². The number of carbonyl (C=O) groups is 2. The normalized spacial score (nSPS) is 26.4. The van der Waals surface area contributed by atoms with Gasteiger partial charge in [0.15, 0.2) is 6.10 Å². The Bertz CT molecular complexity index is 557. The van der Waals surface area contributed by atoms with Gasteiger partial charge in [-0.2, -0.15) is 0 Å². The highest BCUT2D eigenvalue weighted by Crippen LogP contribution is 2.33. The SMILES string of the molecule is O=C(C1CC1)N1CC2CC(C1)N2.O=C(O)[C@@H](O)c1ccccc1. The van der Waals surface area contributed by atoms with E-state index in [-0.39, 0.29) is 0 Å². The minimum Gasteiger partial charge on any atom is -0.479 e. The van der Waals surface area contributed by atoms with Gasteiger partial charge in [-0.25, -0.2) is 4.79 Å². The number of nitrogens with zero attached hydrogens (tertiary/aromatic N) is 1.